The summed E-state index contributed by atoms with van der Waals surface area (Å²) < 4.78 is 18.5. The van der Waals surface area contributed by atoms with E-state index in [-0.39, 0.29) is 5.82 Å². The van der Waals surface area contributed by atoms with Crippen LogP contribution in [-0.2, 0) is 0 Å². The van der Waals surface area contributed by atoms with Crippen molar-refractivity contribution in [1.82, 2.24) is 29.3 Å². The van der Waals surface area contributed by atoms with Crippen molar-refractivity contribution in [2.24, 2.45) is 5.41 Å². The van der Waals surface area contributed by atoms with Crippen molar-refractivity contribution in [3.05, 3.63) is 53.5 Å². The third-order valence-corrected chi connectivity index (χ3v) is 6.66. The summed E-state index contributed by atoms with van der Waals surface area (Å²) in [5.74, 6) is 0.120. The first-order chi connectivity index (χ1) is 14.0. The van der Waals surface area contributed by atoms with Crippen LogP contribution < -0.4 is 5.32 Å². The first kappa shape index (κ1) is 17.1. The van der Waals surface area contributed by atoms with Gasteiger partial charge in [0, 0.05) is 30.4 Å². The van der Waals surface area contributed by atoms with Crippen LogP contribution >= 0.6 is 0 Å². The summed E-state index contributed by atoms with van der Waals surface area (Å²) in [6.45, 7) is 6.17. The zero-order valence-electron chi connectivity index (χ0n) is 16.6. The van der Waals surface area contributed by atoms with Crippen LogP contribution in [0.3, 0.4) is 0 Å². The molecule has 0 bridgehead atoms. The molecule has 6 rings (SSSR count). The molecule has 1 N–H and O–H groups in total. The summed E-state index contributed by atoms with van der Waals surface area (Å²) in [4.78, 5) is 9.12. The third-order valence-electron chi connectivity index (χ3n) is 6.66. The molecule has 5 heterocycles. The first-order valence-corrected chi connectivity index (χ1v) is 10.2. The maximum atomic E-state index is 14.9. The van der Waals surface area contributed by atoms with Gasteiger partial charge in [-0.25, -0.2) is 18.9 Å². The highest BCUT2D eigenvalue weighted by molar-refractivity contribution is 5.64. The fraction of sp³-hybridized carbons (Fsp3) is 0.409. The Morgan fingerprint density at radius 2 is 1.97 bits per heavy atom. The van der Waals surface area contributed by atoms with Crippen molar-refractivity contribution in [2.75, 3.05) is 13.1 Å². The fourth-order valence-corrected chi connectivity index (χ4v) is 5.14. The SMILES string of the molecule is Cc1cn2nc(-c3cc(F)c4nc(C5CC6(CCNC6)C5)cn4c3)cc(C)c2n1. The Morgan fingerprint density at radius 3 is 2.76 bits per heavy atom. The second-order valence-corrected chi connectivity index (χ2v) is 8.87. The van der Waals surface area contributed by atoms with Crippen molar-refractivity contribution in [3.8, 4) is 11.3 Å². The topological polar surface area (TPSA) is 59.5 Å². The Kier molecular flexibility index (Phi) is 3.45. The van der Waals surface area contributed by atoms with Crippen LogP contribution in [0.4, 0.5) is 4.39 Å². The van der Waals surface area contributed by atoms with Gasteiger partial charge < -0.3 is 9.72 Å². The first-order valence-electron chi connectivity index (χ1n) is 10.2. The average molecular weight is 390 g/mol. The molecule has 1 saturated heterocycles. The normalized spacial score (nSPS) is 24.0. The summed E-state index contributed by atoms with van der Waals surface area (Å²) in [6, 6.07) is 3.50. The highest BCUT2D eigenvalue weighted by Gasteiger charge is 2.47. The van der Waals surface area contributed by atoms with E-state index in [0.29, 0.717) is 17.0 Å². The molecule has 148 valence electrons. The maximum Gasteiger partial charge on any atom is 0.173 e. The molecule has 0 unspecified atom stereocenters. The Balaban J connectivity index is 1.38. The number of hydrogen-bond acceptors (Lipinski definition) is 4. The average Bonchev–Trinajstić information content (AvgIpc) is 3.37. The smallest absolute Gasteiger partial charge is 0.173 e. The van der Waals surface area contributed by atoms with Crippen LogP contribution in [0, 0.1) is 25.1 Å². The molecule has 2 fully saturated rings. The van der Waals surface area contributed by atoms with Gasteiger partial charge in [-0.05, 0) is 62.8 Å². The number of pyridine rings is 1. The lowest BCUT2D eigenvalue weighted by Gasteiger charge is -2.44. The highest BCUT2D eigenvalue weighted by atomic mass is 19.1. The summed E-state index contributed by atoms with van der Waals surface area (Å²) in [7, 11) is 0. The van der Waals surface area contributed by atoms with E-state index in [1.54, 1.807) is 4.52 Å². The molecular weight excluding hydrogens is 367 g/mol. The van der Waals surface area contributed by atoms with E-state index in [9.17, 15) is 4.39 Å². The van der Waals surface area contributed by atoms with E-state index in [1.165, 1.54) is 12.5 Å². The van der Waals surface area contributed by atoms with E-state index in [4.69, 9.17) is 0 Å². The number of rotatable bonds is 2. The number of hydrogen-bond donors (Lipinski definition) is 1. The monoisotopic (exact) mass is 390 g/mol. The van der Waals surface area contributed by atoms with Gasteiger partial charge in [0.2, 0.25) is 0 Å². The summed E-state index contributed by atoms with van der Waals surface area (Å²) in [6.07, 6.45) is 9.36. The lowest BCUT2D eigenvalue weighted by molar-refractivity contribution is 0.125. The van der Waals surface area contributed by atoms with E-state index in [0.717, 1.165) is 59.8 Å². The molecule has 0 aromatic carbocycles. The molecule has 6 nitrogen and oxygen atoms in total. The van der Waals surface area contributed by atoms with Crippen LogP contribution in [0.15, 0.2) is 30.7 Å². The maximum absolute atomic E-state index is 14.9. The van der Waals surface area contributed by atoms with Crippen LogP contribution in [0.25, 0.3) is 22.6 Å². The predicted octanol–water partition coefficient (Wildman–Crippen LogP) is 3.66. The third kappa shape index (κ3) is 2.60. The number of halogens is 1. The Hall–Kier alpha value is -2.80. The minimum atomic E-state index is -0.313. The number of aryl methyl sites for hydroxylation is 2. The number of fused-ring (bicyclic) bond motifs is 2. The molecule has 7 heteroatoms. The molecule has 1 saturated carbocycles. The Morgan fingerprint density at radius 1 is 1.10 bits per heavy atom. The minimum Gasteiger partial charge on any atom is -0.316 e. The van der Waals surface area contributed by atoms with Crippen LogP contribution in [0.1, 0.15) is 42.1 Å². The molecule has 29 heavy (non-hydrogen) atoms. The van der Waals surface area contributed by atoms with Gasteiger partial charge in [0.1, 0.15) is 0 Å². The van der Waals surface area contributed by atoms with Crippen LogP contribution in [0.2, 0.25) is 0 Å². The van der Waals surface area contributed by atoms with Crippen molar-refractivity contribution in [2.45, 2.75) is 39.0 Å². The van der Waals surface area contributed by atoms with Gasteiger partial charge in [-0.3, -0.25) is 0 Å². The van der Waals surface area contributed by atoms with Gasteiger partial charge >= 0.3 is 0 Å². The molecule has 1 aliphatic carbocycles. The zero-order valence-corrected chi connectivity index (χ0v) is 16.6. The zero-order chi connectivity index (χ0) is 19.8. The Bertz CT molecular complexity index is 1260. The summed E-state index contributed by atoms with van der Waals surface area (Å²) in [5, 5.41) is 8.11. The van der Waals surface area contributed by atoms with Gasteiger partial charge in [-0.2, -0.15) is 5.10 Å². The van der Waals surface area contributed by atoms with E-state index < -0.39 is 0 Å². The van der Waals surface area contributed by atoms with Crippen LogP contribution in [-0.4, -0.2) is 37.1 Å². The number of aromatic nitrogens is 5. The molecule has 2 aliphatic rings. The standard InChI is InChI=1S/C22H23FN6/c1-13-5-18(27-29-9-14(2)25-20(13)29)15-6-17(23)21-26-19(11-28(21)10-15)16-7-22(8-16)3-4-24-12-22/h5-6,9-11,16,24H,3-4,7-8,12H2,1-2H3. The second kappa shape index (κ2) is 5.86. The molecule has 4 aromatic rings. The van der Waals surface area contributed by atoms with Gasteiger partial charge in [0.15, 0.2) is 17.1 Å². The number of imidazole rings is 2. The van der Waals surface area contributed by atoms with Crippen molar-refractivity contribution in [3.63, 3.8) is 0 Å². The van der Waals surface area contributed by atoms with Crippen molar-refractivity contribution in [1.29, 1.82) is 0 Å². The van der Waals surface area contributed by atoms with E-state index >= 15 is 0 Å². The summed E-state index contributed by atoms with van der Waals surface area (Å²) in [5.41, 5.74) is 6.06. The van der Waals surface area contributed by atoms with Crippen molar-refractivity contribution >= 4 is 11.3 Å². The van der Waals surface area contributed by atoms with E-state index in [1.807, 2.05) is 42.9 Å². The minimum absolute atomic E-state index is 0.313. The number of nitrogens with zero attached hydrogens (tertiary/aromatic N) is 5. The van der Waals surface area contributed by atoms with E-state index in [2.05, 4.69) is 20.4 Å². The van der Waals surface area contributed by atoms with Gasteiger partial charge in [0.05, 0.1) is 23.3 Å². The summed E-state index contributed by atoms with van der Waals surface area (Å²) >= 11 is 0. The largest absolute Gasteiger partial charge is 0.316 e. The molecule has 4 aromatic heterocycles. The lowest BCUT2D eigenvalue weighted by Crippen LogP contribution is -2.37. The van der Waals surface area contributed by atoms with Gasteiger partial charge in [-0.15, -0.1) is 0 Å². The fourth-order valence-electron chi connectivity index (χ4n) is 5.14. The molecule has 0 radical (unpaired) electrons. The molecule has 1 spiro atoms. The highest BCUT2D eigenvalue weighted by Crippen LogP contribution is 2.54. The predicted molar refractivity (Wildman–Crippen MR) is 108 cm³/mol. The van der Waals surface area contributed by atoms with Crippen LogP contribution in [0.5, 0.6) is 0 Å². The van der Waals surface area contributed by atoms with Crippen molar-refractivity contribution < 1.29 is 4.39 Å². The molecule has 1 aliphatic heterocycles. The van der Waals surface area contributed by atoms with Gasteiger partial charge in [0.25, 0.3) is 0 Å². The van der Waals surface area contributed by atoms with Gasteiger partial charge in [-0.1, -0.05) is 0 Å². The molecule has 0 atom stereocenters. The molecular formula is C22H23FN6. The quantitative estimate of drug-likeness (QED) is 0.568. The Labute approximate surface area is 167 Å². The number of nitrogens with one attached hydrogen (secondary N) is 1. The second-order valence-electron chi connectivity index (χ2n) is 8.87. The molecule has 0 amide bonds. The lowest BCUT2D eigenvalue weighted by atomic mass is 9.60.